The second-order valence-electron chi connectivity index (χ2n) is 3.95. The van der Waals surface area contributed by atoms with Gasteiger partial charge >= 0.3 is 5.97 Å². The van der Waals surface area contributed by atoms with Gasteiger partial charge in [-0.2, -0.15) is 0 Å². The summed E-state index contributed by atoms with van der Waals surface area (Å²) >= 11 is 0. The number of nitrogens with zero attached hydrogens (tertiary/aromatic N) is 1. The van der Waals surface area contributed by atoms with Crippen LogP contribution in [0.15, 0.2) is 0 Å². The lowest BCUT2D eigenvalue weighted by Gasteiger charge is -2.28. The van der Waals surface area contributed by atoms with Gasteiger partial charge in [0.05, 0.1) is 12.6 Å². The molecule has 0 bridgehead atoms. The van der Waals surface area contributed by atoms with Crippen molar-refractivity contribution in [3.63, 3.8) is 0 Å². The molecule has 19 heavy (non-hydrogen) atoms. The smallest absolute Gasteiger partial charge is 0.326 e. The van der Waals surface area contributed by atoms with Crippen LogP contribution in [0.25, 0.3) is 0 Å². The SMILES string of the molecule is CC(N)C(=O)N(C(=O)CN)[C@@H](CCC(N)=O)C(=O)O. The number of carbonyl (C=O) groups is 4. The van der Waals surface area contributed by atoms with Gasteiger partial charge in [0, 0.05) is 6.42 Å². The van der Waals surface area contributed by atoms with E-state index < -0.39 is 42.3 Å². The van der Waals surface area contributed by atoms with E-state index in [1.54, 1.807) is 0 Å². The number of carboxylic acid groups (broad SMARTS) is 1. The predicted octanol–water partition coefficient (Wildman–Crippen LogP) is -2.63. The Morgan fingerprint density at radius 2 is 1.79 bits per heavy atom. The Labute approximate surface area is 109 Å². The van der Waals surface area contributed by atoms with Gasteiger partial charge in [-0.15, -0.1) is 0 Å². The number of carbonyl (C=O) groups excluding carboxylic acids is 3. The molecule has 9 heteroatoms. The van der Waals surface area contributed by atoms with E-state index in [0.29, 0.717) is 4.90 Å². The summed E-state index contributed by atoms with van der Waals surface area (Å²) in [6.07, 6.45) is -0.563. The molecule has 0 saturated carbocycles. The molecule has 2 atom stereocenters. The largest absolute Gasteiger partial charge is 0.480 e. The Balaban J connectivity index is 5.25. The third kappa shape index (κ3) is 5.02. The lowest BCUT2D eigenvalue weighted by Crippen LogP contribution is -2.55. The highest BCUT2D eigenvalue weighted by molar-refractivity contribution is 6.01. The van der Waals surface area contributed by atoms with E-state index in [1.807, 2.05) is 0 Å². The average molecular weight is 274 g/mol. The number of amides is 3. The Morgan fingerprint density at radius 3 is 2.11 bits per heavy atom. The predicted molar refractivity (Wildman–Crippen MR) is 64.4 cm³/mol. The molecule has 0 aliphatic rings. The Kier molecular flexibility index (Phi) is 6.66. The first-order chi connectivity index (χ1) is 8.72. The zero-order chi connectivity index (χ0) is 15.2. The van der Waals surface area contributed by atoms with Gasteiger partial charge in [-0.3, -0.25) is 19.3 Å². The summed E-state index contributed by atoms with van der Waals surface area (Å²) in [6.45, 7) is 0.769. The van der Waals surface area contributed by atoms with Gasteiger partial charge in [0.2, 0.25) is 17.7 Å². The van der Waals surface area contributed by atoms with Crippen LogP contribution in [0.1, 0.15) is 19.8 Å². The summed E-state index contributed by atoms with van der Waals surface area (Å²) in [6, 6.07) is -2.58. The van der Waals surface area contributed by atoms with E-state index in [4.69, 9.17) is 22.3 Å². The van der Waals surface area contributed by atoms with Crippen LogP contribution in [-0.2, 0) is 19.2 Å². The number of imide groups is 1. The van der Waals surface area contributed by atoms with Gasteiger partial charge < -0.3 is 22.3 Å². The van der Waals surface area contributed by atoms with Crippen LogP contribution in [-0.4, -0.2) is 52.3 Å². The summed E-state index contributed by atoms with van der Waals surface area (Å²) in [5.74, 6) is -3.91. The van der Waals surface area contributed by atoms with Crippen LogP contribution in [0.5, 0.6) is 0 Å². The molecule has 0 aliphatic carbocycles. The maximum Gasteiger partial charge on any atom is 0.326 e. The molecule has 3 amide bonds. The number of rotatable bonds is 7. The third-order valence-electron chi connectivity index (χ3n) is 2.33. The molecule has 0 rings (SSSR count). The van der Waals surface area contributed by atoms with Crippen LogP contribution in [0.4, 0.5) is 0 Å². The first-order valence-electron chi connectivity index (χ1n) is 5.55. The van der Waals surface area contributed by atoms with Crippen molar-refractivity contribution in [3.8, 4) is 0 Å². The van der Waals surface area contributed by atoms with Crippen LogP contribution >= 0.6 is 0 Å². The number of carboxylic acids is 1. The standard InChI is InChI=1S/C10H18N4O5/c1-5(12)9(17)14(8(16)4-11)6(10(18)19)2-3-7(13)15/h5-6H,2-4,11-12H2,1H3,(H2,13,15)(H,18,19)/t5?,6-/m0/s1. The fourth-order valence-corrected chi connectivity index (χ4v) is 1.41. The molecule has 9 nitrogen and oxygen atoms in total. The average Bonchev–Trinajstić information content (AvgIpc) is 2.31. The molecular weight excluding hydrogens is 256 g/mol. The molecule has 0 aromatic carbocycles. The Hall–Kier alpha value is -2.00. The van der Waals surface area contributed by atoms with Crippen LogP contribution in [0.3, 0.4) is 0 Å². The molecule has 0 heterocycles. The monoisotopic (exact) mass is 274 g/mol. The maximum absolute atomic E-state index is 11.8. The highest BCUT2D eigenvalue weighted by Crippen LogP contribution is 2.10. The fraction of sp³-hybridized carbons (Fsp3) is 0.600. The molecular formula is C10H18N4O5. The number of hydrogen-bond acceptors (Lipinski definition) is 6. The molecule has 108 valence electrons. The molecule has 0 spiro atoms. The van der Waals surface area contributed by atoms with E-state index in [0.717, 1.165) is 0 Å². The molecule has 1 unspecified atom stereocenters. The summed E-state index contributed by atoms with van der Waals surface area (Å²) in [7, 11) is 0. The van der Waals surface area contributed by atoms with Crippen LogP contribution in [0, 0.1) is 0 Å². The molecule has 0 saturated heterocycles. The van der Waals surface area contributed by atoms with Gasteiger partial charge in [0.25, 0.3) is 0 Å². The van der Waals surface area contributed by atoms with Gasteiger partial charge in [0.1, 0.15) is 6.04 Å². The highest BCUT2D eigenvalue weighted by atomic mass is 16.4. The van der Waals surface area contributed by atoms with Crippen molar-refractivity contribution < 1.29 is 24.3 Å². The Morgan fingerprint density at radius 1 is 1.26 bits per heavy atom. The summed E-state index contributed by atoms with van der Waals surface area (Å²) < 4.78 is 0. The van der Waals surface area contributed by atoms with Crippen LogP contribution in [0.2, 0.25) is 0 Å². The number of primary amides is 1. The topological polar surface area (TPSA) is 170 Å². The van der Waals surface area contributed by atoms with Crippen molar-refractivity contribution >= 4 is 23.7 Å². The summed E-state index contributed by atoms with van der Waals surface area (Å²) in [4.78, 5) is 45.7. The summed E-state index contributed by atoms with van der Waals surface area (Å²) in [5, 5.41) is 9.05. The van der Waals surface area contributed by atoms with Crippen molar-refractivity contribution in [1.82, 2.24) is 4.90 Å². The minimum atomic E-state index is -1.51. The molecule has 0 radical (unpaired) electrons. The quantitative estimate of drug-likeness (QED) is 0.393. The molecule has 0 aromatic rings. The van der Waals surface area contributed by atoms with Gasteiger partial charge in [-0.1, -0.05) is 0 Å². The van der Waals surface area contributed by atoms with Crippen molar-refractivity contribution in [1.29, 1.82) is 0 Å². The second-order valence-corrected chi connectivity index (χ2v) is 3.95. The maximum atomic E-state index is 11.8. The minimum Gasteiger partial charge on any atom is -0.480 e. The van der Waals surface area contributed by atoms with E-state index in [1.165, 1.54) is 6.92 Å². The molecule has 0 fully saturated rings. The van der Waals surface area contributed by atoms with E-state index >= 15 is 0 Å². The molecule has 7 N–H and O–H groups in total. The van der Waals surface area contributed by atoms with E-state index in [-0.39, 0.29) is 12.8 Å². The zero-order valence-electron chi connectivity index (χ0n) is 10.5. The zero-order valence-corrected chi connectivity index (χ0v) is 10.5. The van der Waals surface area contributed by atoms with Crippen molar-refractivity contribution in [2.24, 2.45) is 17.2 Å². The molecule has 0 aliphatic heterocycles. The van der Waals surface area contributed by atoms with Gasteiger partial charge in [-0.05, 0) is 13.3 Å². The normalized spacial score (nSPS) is 13.4. The third-order valence-corrected chi connectivity index (χ3v) is 2.33. The highest BCUT2D eigenvalue weighted by Gasteiger charge is 2.35. The molecule has 0 aromatic heterocycles. The lowest BCUT2D eigenvalue weighted by molar-refractivity contribution is -0.158. The van der Waals surface area contributed by atoms with Crippen molar-refractivity contribution in [2.45, 2.75) is 31.8 Å². The van der Waals surface area contributed by atoms with Gasteiger partial charge in [0.15, 0.2) is 0 Å². The van der Waals surface area contributed by atoms with E-state index in [2.05, 4.69) is 0 Å². The van der Waals surface area contributed by atoms with Gasteiger partial charge in [-0.25, -0.2) is 4.79 Å². The van der Waals surface area contributed by atoms with Crippen molar-refractivity contribution in [3.05, 3.63) is 0 Å². The second kappa shape index (κ2) is 7.44. The summed E-state index contributed by atoms with van der Waals surface area (Å²) in [5.41, 5.74) is 15.4. The van der Waals surface area contributed by atoms with E-state index in [9.17, 15) is 19.2 Å². The first kappa shape index (κ1) is 17.0. The first-order valence-corrected chi connectivity index (χ1v) is 5.55. The number of hydrogen-bond donors (Lipinski definition) is 4. The van der Waals surface area contributed by atoms with Crippen molar-refractivity contribution in [2.75, 3.05) is 6.54 Å². The Bertz CT molecular complexity index is 382. The lowest BCUT2D eigenvalue weighted by atomic mass is 10.1. The van der Waals surface area contributed by atoms with Crippen LogP contribution < -0.4 is 17.2 Å². The number of aliphatic carboxylic acids is 1. The number of nitrogens with two attached hydrogens (primary N) is 3. The minimum absolute atomic E-state index is 0.280. The fourth-order valence-electron chi connectivity index (χ4n) is 1.41.